The lowest BCUT2D eigenvalue weighted by Gasteiger charge is -2.47. The highest BCUT2D eigenvalue weighted by Gasteiger charge is 2.56. The first-order chi connectivity index (χ1) is 36.8. The van der Waals surface area contributed by atoms with Crippen LogP contribution in [0.5, 0.6) is 0 Å². The van der Waals surface area contributed by atoms with Gasteiger partial charge in [0.15, 0.2) is 0 Å². The second kappa shape index (κ2) is 24.3. The first-order valence-corrected chi connectivity index (χ1v) is 25.0. The summed E-state index contributed by atoms with van der Waals surface area (Å²) in [5.74, 6) is 2.17. The number of amides is 4. The van der Waals surface area contributed by atoms with Crippen molar-refractivity contribution in [2.75, 3.05) is 52.0 Å². The number of piperazine rings is 1. The Balaban J connectivity index is 1.16. The predicted octanol–water partition coefficient (Wildman–Crippen LogP) is 6.08. The molecule has 2 bridgehead atoms. The Morgan fingerprint density at radius 3 is 1.91 bits per heavy atom. The number of nitrogens with zero attached hydrogens (tertiary/aromatic N) is 6. The third-order valence-electron chi connectivity index (χ3n) is 14.2. The average molecular weight is 1100 g/mol. The second-order valence-corrected chi connectivity index (χ2v) is 21.2. The van der Waals surface area contributed by atoms with Crippen LogP contribution in [0, 0.1) is 34.3 Å². The number of aromatic nitrogens is 3. The van der Waals surface area contributed by atoms with Crippen LogP contribution >= 0.6 is 0 Å². The largest absolute Gasteiger partial charge is 0.453 e. The number of aliphatic hydroxyl groups excluding tert-OH is 1. The molecule has 25 heteroatoms. The van der Waals surface area contributed by atoms with E-state index in [1.54, 1.807) is 51.2 Å². The summed E-state index contributed by atoms with van der Waals surface area (Å²) < 4.78 is 117. The molecule has 2 aromatic heterocycles. The first-order valence-electron chi connectivity index (χ1n) is 25.0. The number of nitrogens with one attached hydrogen (secondary N) is 4. The van der Waals surface area contributed by atoms with Gasteiger partial charge in [-0.1, -0.05) is 44.7 Å². The smallest absolute Gasteiger partial charge is 0.407 e. The van der Waals surface area contributed by atoms with E-state index in [4.69, 9.17) is 14.5 Å². The Morgan fingerprint density at radius 1 is 0.808 bits per heavy atom. The SMILES string of the molecule is COC(=O)N[C@H](C(=O)NN(Cc1c(F)cc(-c2cnn(C(F)F)c2)cc1F)C[C@H](O)[C@H](Cc1ccc(C#Cc2ccc(N3CC4CCC(C3)N4C3COC3)nc2)cc1)NC(=O)[C@@H](NC(=O)OC)C(C)(C)C(F)(F)F)C(C)(C)C. The number of pyridine rings is 1. The number of hydrazine groups is 1. The van der Waals surface area contributed by atoms with Gasteiger partial charge in [-0.25, -0.2) is 33.0 Å². The minimum Gasteiger partial charge on any atom is -0.453 e. The minimum atomic E-state index is -5.09. The van der Waals surface area contributed by atoms with Crippen LogP contribution in [0.15, 0.2) is 67.1 Å². The van der Waals surface area contributed by atoms with E-state index in [-0.39, 0.29) is 22.2 Å². The number of alkyl carbamates (subject to hydrolysis) is 2. The fourth-order valence-electron chi connectivity index (χ4n) is 9.63. The number of halogens is 7. The van der Waals surface area contributed by atoms with E-state index in [0.717, 1.165) is 88.7 Å². The van der Waals surface area contributed by atoms with Crippen LogP contribution in [0.1, 0.15) is 76.3 Å². The lowest BCUT2D eigenvalue weighted by Crippen LogP contribution is -2.63. The van der Waals surface area contributed by atoms with Crippen LogP contribution in [0.2, 0.25) is 0 Å². The Hall–Kier alpha value is -7.01. The molecule has 2 aromatic carbocycles. The highest BCUT2D eigenvalue weighted by Crippen LogP contribution is 2.41. The lowest BCUT2D eigenvalue weighted by molar-refractivity contribution is -0.220. The summed E-state index contributed by atoms with van der Waals surface area (Å²) in [6.07, 6.45) is -3.93. The molecular formula is C53H63F7N10O8. The van der Waals surface area contributed by atoms with Crippen molar-refractivity contribution >= 4 is 29.8 Å². The van der Waals surface area contributed by atoms with Crippen molar-refractivity contribution in [2.45, 2.75) is 116 Å². The molecule has 3 fully saturated rings. The maximum atomic E-state index is 16.0. The van der Waals surface area contributed by atoms with Crippen molar-refractivity contribution in [1.29, 1.82) is 0 Å². The number of alkyl halides is 5. The molecule has 0 radical (unpaired) electrons. The number of hydrogen-bond acceptors (Lipinski definition) is 13. The second-order valence-electron chi connectivity index (χ2n) is 21.2. The average Bonchev–Trinajstić information content (AvgIpc) is 3.96. The number of anilines is 1. The molecule has 3 aliphatic rings. The molecule has 7 rings (SSSR count). The molecule has 3 saturated heterocycles. The van der Waals surface area contributed by atoms with Gasteiger partial charge < -0.3 is 40.2 Å². The zero-order valence-corrected chi connectivity index (χ0v) is 44.0. The number of ether oxygens (including phenoxy) is 3. The molecule has 18 nitrogen and oxygen atoms in total. The molecule has 4 amide bonds. The predicted molar refractivity (Wildman–Crippen MR) is 269 cm³/mol. The maximum Gasteiger partial charge on any atom is 0.407 e. The Morgan fingerprint density at radius 2 is 1.40 bits per heavy atom. The van der Waals surface area contributed by atoms with Crippen LogP contribution in [-0.2, 0) is 36.8 Å². The van der Waals surface area contributed by atoms with Gasteiger partial charge in [0.05, 0.1) is 57.2 Å². The number of carbonyl (C=O) groups is 4. The topological polar surface area (TPSA) is 205 Å². The van der Waals surface area contributed by atoms with Crippen molar-refractivity contribution in [3.05, 3.63) is 101 Å². The summed E-state index contributed by atoms with van der Waals surface area (Å²) in [7, 11) is 1.93. The van der Waals surface area contributed by atoms with Gasteiger partial charge in [-0.3, -0.25) is 19.9 Å². The van der Waals surface area contributed by atoms with E-state index < -0.39 is 102 Å². The van der Waals surface area contributed by atoms with E-state index in [0.29, 0.717) is 48.7 Å². The number of fused-ring (bicyclic) bond motifs is 2. The highest BCUT2D eigenvalue weighted by atomic mass is 19.4. The summed E-state index contributed by atoms with van der Waals surface area (Å²) >= 11 is 0. The van der Waals surface area contributed by atoms with Gasteiger partial charge in [0.2, 0.25) is 5.91 Å². The Labute approximate surface area is 446 Å². The molecule has 0 saturated carbocycles. The van der Waals surface area contributed by atoms with Gasteiger partial charge in [-0.05, 0) is 86.1 Å². The molecule has 3 aliphatic heterocycles. The molecule has 0 aliphatic carbocycles. The molecular weight excluding hydrogens is 1040 g/mol. The number of hydrogen-bond donors (Lipinski definition) is 5. The fourth-order valence-corrected chi connectivity index (χ4v) is 9.63. The van der Waals surface area contributed by atoms with E-state index in [1.807, 2.05) is 17.4 Å². The number of aliphatic hydroxyl groups is 1. The zero-order valence-electron chi connectivity index (χ0n) is 44.0. The summed E-state index contributed by atoms with van der Waals surface area (Å²) in [6, 6.07) is 7.97. The van der Waals surface area contributed by atoms with Crippen LogP contribution in [0.4, 0.5) is 46.1 Å². The van der Waals surface area contributed by atoms with Crippen LogP contribution in [0.25, 0.3) is 11.1 Å². The van der Waals surface area contributed by atoms with Gasteiger partial charge in [-0.15, -0.1) is 0 Å². The summed E-state index contributed by atoms with van der Waals surface area (Å²) in [4.78, 5) is 62.6. The number of methoxy groups -OCH3 is 2. The van der Waals surface area contributed by atoms with Gasteiger partial charge in [0.1, 0.15) is 29.5 Å². The van der Waals surface area contributed by atoms with Crippen LogP contribution in [0.3, 0.4) is 0 Å². The van der Waals surface area contributed by atoms with E-state index in [2.05, 4.69) is 47.5 Å². The highest BCUT2D eigenvalue weighted by molar-refractivity contribution is 5.87. The summed E-state index contributed by atoms with van der Waals surface area (Å²) in [6.45, 7) is 4.64. The molecule has 4 aromatic rings. The third kappa shape index (κ3) is 14.0. The Bertz CT molecular complexity index is 2800. The normalized spacial score (nSPS) is 18.5. The molecule has 78 heavy (non-hydrogen) atoms. The molecule has 2 unspecified atom stereocenters. The molecule has 5 heterocycles. The van der Waals surface area contributed by atoms with Crippen molar-refractivity contribution in [2.24, 2.45) is 10.8 Å². The van der Waals surface area contributed by atoms with Gasteiger partial charge in [0, 0.05) is 72.9 Å². The van der Waals surface area contributed by atoms with E-state index in [1.165, 1.54) is 0 Å². The first kappa shape index (κ1) is 58.7. The van der Waals surface area contributed by atoms with Crippen molar-refractivity contribution in [3.8, 4) is 23.0 Å². The zero-order chi connectivity index (χ0) is 56.9. The standard InChI is InChI=1S/C53H63F7N10O8/c1-51(2,3)44(64-49(74)76-6)47(73)66-68(26-38-39(54)19-33(20-40(38)55)34-22-62-69(23-34)48(56)57)27-42(71)41(63-46(72)45(65-50(75)77-7)52(4,5)53(58,59)60)18-31-11-8-30(9-12-31)10-13-32-14-17-43(61-21-32)67-24-35-15-16-36(25-67)70(35)37-28-78-29-37/h8-9,11-12,14,17,19-23,35-37,41-42,44-45,48,71H,15-16,18,24-29H2,1-7H3,(H,63,72)(H,64,74)(H,65,75)(H,66,73)/t35?,36?,41-,42-,44+,45+/m0/s1. The molecule has 5 N–H and O–H groups in total. The summed E-state index contributed by atoms with van der Waals surface area (Å²) in [5.41, 5.74) is -0.906. The van der Waals surface area contributed by atoms with Crippen LogP contribution in [-0.4, -0.2) is 149 Å². The lowest BCUT2D eigenvalue weighted by atomic mass is 9.82. The van der Waals surface area contributed by atoms with Gasteiger partial charge in [-0.2, -0.15) is 27.1 Å². The minimum absolute atomic E-state index is 0.0662. The fraction of sp³-hybridized carbons (Fsp3) is 0.509. The summed E-state index contributed by atoms with van der Waals surface area (Å²) in [5, 5.41) is 23.2. The quantitative estimate of drug-likeness (QED) is 0.0437. The molecule has 422 valence electrons. The molecule has 0 spiro atoms. The monoisotopic (exact) mass is 1100 g/mol. The van der Waals surface area contributed by atoms with Gasteiger partial charge in [0.25, 0.3) is 5.91 Å². The van der Waals surface area contributed by atoms with E-state index >= 15 is 8.78 Å². The van der Waals surface area contributed by atoms with Gasteiger partial charge >= 0.3 is 24.9 Å². The van der Waals surface area contributed by atoms with E-state index in [9.17, 15) is 46.2 Å². The third-order valence-corrected chi connectivity index (χ3v) is 14.2. The van der Waals surface area contributed by atoms with Crippen molar-refractivity contribution in [1.82, 2.24) is 46.0 Å². The van der Waals surface area contributed by atoms with Crippen LogP contribution < -0.4 is 26.3 Å². The maximum absolute atomic E-state index is 16.0. The van der Waals surface area contributed by atoms with Crippen molar-refractivity contribution in [3.63, 3.8) is 0 Å². The molecule has 6 atom stereocenters. The number of benzene rings is 2. The Kier molecular flexibility index (Phi) is 18.3. The number of carbonyl (C=O) groups excluding carboxylic acids is 4. The van der Waals surface area contributed by atoms with Crippen molar-refractivity contribution < 1.29 is 69.2 Å². The number of rotatable bonds is 18.